The Labute approximate surface area is 122 Å². The molecule has 0 saturated carbocycles. The molecule has 2 rings (SSSR count). The number of phenols is 2. The van der Waals surface area contributed by atoms with Crippen molar-refractivity contribution in [1.82, 2.24) is 0 Å². The minimum absolute atomic E-state index is 0.0381. The summed E-state index contributed by atoms with van der Waals surface area (Å²) < 4.78 is 13.7. The summed E-state index contributed by atoms with van der Waals surface area (Å²) in [7, 11) is 0. The molecule has 0 aliphatic heterocycles. The predicted octanol–water partition coefficient (Wildman–Crippen LogP) is 3.77. The van der Waals surface area contributed by atoms with Gasteiger partial charge in [0.25, 0.3) is 0 Å². The number of benzene rings is 2. The summed E-state index contributed by atoms with van der Waals surface area (Å²) in [4.78, 5) is 12.3. The highest BCUT2D eigenvalue weighted by Gasteiger charge is 2.18. The van der Waals surface area contributed by atoms with Crippen molar-refractivity contribution < 1.29 is 19.4 Å². The number of halogens is 1. The van der Waals surface area contributed by atoms with Crippen molar-refractivity contribution in [2.24, 2.45) is 0 Å². The SMILES string of the molecule is CC(C)(C)c1ccc(C(=O)c2cc(O)c(O)cc2F)cc1. The van der Waals surface area contributed by atoms with Gasteiger partial charge in [0, 0.05) is 11.6 Å². The summed E-state index contributed by atoms with van der Waals surface area (Å²) in [5.74, 6) is -2.52. The van der Waals surface area contributed by atoms with E-state index >= 15 is 0 Å². The Balaban J connectivity index is 2.39. The van der Waals surface area contributed by atoms with Crippen LogP contribution in [0.5, 0.6) is 11.5 Å². The Morgan fingerprint density at radius 3 is 2.05 bits per heavy atom. The zero-order valence-electron chi connectivity index (χ0n) is 12.1. The molecule has 2 aromatic carbocycles. The molecule has 0 fully saturated rings. The Kier molecular flexibility index (Phi) is 3.73. The number of carbonyl (C=O) groups is 1. The second-order valence-corrected chi connectivity index (χ2v) is 5.98. The van der Waals surface area contributed by atoms with Crippen molar-refractivity contribution >= 4 is 5.78 Å². The molecule has 0 spiro atoms. The minimum Gasteiger partial charge on any atom is -0.504 e. The monoisotopic (exact) mass is 288 g/mol. The van der Waals surface area contributed by atoms with E-state index in [9.17, 15) is 19.4 Å². The molecule has 0 heterocycles. The second kappa shape index (κ2) is 5.20. The number of carbonyl (C=O) groups excluding carboxylic acids is 1. The van der Waals surface area contributed by atoms with Crippen LogP contribution in [0, 0.1) is 5.82 Å². The van der Waals surface area contributed by atoms with Crippen molar-refractivity contribution in [3.05, 3.63) is 58.9 Å². The van der Waals surface area contributed by atoms with E-state index < -0.39 is 23.1 Å². The maximum absolute atomic E-state index is 13.7. The van der Waals surface area contributed by atoms with E-state index in [2.05, 4.69) is 20.8 Å². The van der Waals surface area contributed by atoms with E-state index in [1.54, 1.807) is 12.1 Å². The van der Waals surface area contributed by atoms with Gasteiger partial charge in [-0.25, -0.2) is 4.39 Å². The zero-order chi connectivity index (χ0) is 15.8. The van der Waals surface area contributed by atoms with E-state index in [1.807, 2.05) is 12.1 Å². The summed E-state index contributed by atoms with van der Waals surface area (Å²) >= 11 is 0. The van der Waals surface area contributed by atoms with Gasteiger partial charge in [-0.1, -0.05) is 45.0 Å². The number of aromatic hydroxyl groups is 2. The second-order valence-electron chi connectivity index (χ2n) is 5.98. The number of hydrogen-bond acceptors (Lipinski definition) is 3. The first-order chi connectivity index (χ1) is 9.70. The third-order valence-corrected chi connectivity index (χ3v) is 3.32. The van der Waals surface area contributed by atoms with Crippen molar-refractivity contribution in [2.75, 3.05) is 0 Å². The van der Waals surface area contributed by atoms with Gasteiger partial charge >= 0.3 is 0 Å². The molecule has 2 N–H and O–H groups in total. The van der Waals surface area contributed by atoms with Gasteiger partial charge in [-0.05, 0) is 17.0 Å². The van der Waals surface area contributed by atoms with Gasteiger partial charge in [-0.2, -0.15) is 0 Å². The highest BCUT2D eigenvalue weighted by molar-refractivity contribution is 6.09. The van der Waals surface area contributed by atoms with Crippen LogP contribution < -0.4 is 0 Å². The van der Waals surface area contributed by atoms with E-state index in [4.69, 9.17) is 0 Å². The Morgan fingerprint density at radius 2 is 1.52 bits per heavy atom. The molecule has 4 heteroatoms. The normalized spacial score (nSPS) is 11.4. The first-order valence-corrected chi connectivity index (χ1v) is 6.57. The third kappa shape index (κ3) is 3.05. The third-order valence-electron chi connectivity index (χ3n) is 3.32. The molecule has 0 bridgehead atoms. The summed E-state index contributed by atoms with van der Waals surface area (Å²) in [6.07, 6.45) is 0. The van der Waals surface area contributed by atoms with Crippen LogP contribution in [-0.4, -0.2) is 16.0 Å². The van der Waals surface area contributed by atoms with Gasteiger partial charge in [0.1, 0.15) is 5.82 Å². The topological polar surface area (TPSA) is 57.5 Å². The van der Waals surface area contributed by atoms with Crippen LogP contribution in [0.4, 0.5) is 4.39 Å². The molecule has 0 radical (unpaired) electrons. The minimum atomic E-state index is -0.866. The maximum atomic E-state index is 13.7. The zero-order valence-corrected chi connectivity index (χ0v) is 12.1. The lowest BCUT2D eigenvalue weighted by molar-refractivity contribution is 0.103. The summed E-state index contributed by atoms with van der Waals surface area (Å²) in [6, 6.07) is 8.58. The molecular formula is C17H17FO3. The van der Waals surface area contributed by atoms with Gasteiger partial charge in [0.2, 0.25) is 0 Å². The average Bonchev–Trinajstić information content (AvgIpc) is 2.41. The molecule has 0 aliphatic rings. The van der Waals surface area contributed by atoms with Crippen LogP contribution >= 0.6 is 0 Å². The lowest BCUT2D eigenvalue weighted by Gasteiger charge is -2.19. The van der Waals surface area contributed by atoms with E-state index in [0.29, 0.717) is 5.56 Å². The number of hydrogen-bond donors (Lipinski definition) is 2. The molecule has 21 heavy (non-hydrogen) atoms. The smallest absolute Gasteiger partial charge is 0.196 e. The standard InChI is InChI=1S/C17H17FO3/c1-17(2,3)11-6-4-10(5-7-11)16(21)12-8-14(19)15(20)9-13(12)18/h4-9,19-20H,1-3H3. The molecule has 2 aromatic rings. The van der Waals surface area contributed by atoms with Crippen molar-refractivity contribution in [1.29, 1.82) is 0 Å². The average molecular weight is 288 g/mol. The quantitative estimate of drug-likeness (QED) is 0.653. The van der Waals surface area contributed by atoms with Crippen LogP contribution in [0.15, 0.2) is 36.4 Å². The van der Waals surface area contributed by atoms with Crippen LogP contribution in [0.25, 0.3) is 0 Å². The van der Waals surface area contributed by atoms with E-state index in [-0.39, 0.29) is 11.0 Å². The highest BCUT2D eigenvalue weighted by Crippen LogP contribution is 2.29. The van der Waals surface area contributed by atoms with Crippen LogP contribution in [0.3, 0.4) is 0 Å². The Hall–Kier alpha value is -2.36. The van der Waals surface area contributed by atoms with Gasteiger partial charge < -0.3 is 10.2 Å². The van der Waals surface area contributed by atoms with Gasteiger partial charge in [-0.3, -0.25) is 4.79 Å². The summed E-state index contributed by atoms with van der Waals surface area (Å²) in [5.41, 5.74) is 1.08. The van der Waals surface area contributed by atoms with E-state index in [1.165, 1.54) is 0 Å². The van der Waals surface area contributed by atoms with Crippen LogP contribution in [-0.2, 0) is 5.41 Å². The Bertz CT molecular complexity index is 682. The number of phenolic OH excluding ortho intramolecular Hbond substituents is 2. The highest BCUT2D eigenvalue weighted by atomic mass is 19.1. The van der Waals surface area contributed by atoms with Crippen molar-refractivity contribution in [2.45, 2.75) is 26.2 Å². The molecule has 0 atom stereocenters. The molecule has 3 nitrogen and oxygen atoms in total. The molecule has 110 valence electrons. The van der Waals surface area contributed by atoms with Crippen LogP contribution in [0.1, 0.15) is 42.3 Å². The van der Waals surface area contributed by atoms with Crippen molar-refractivity contribution in [3.63, 3.8) is 0 Å². The van der Waals surface area contributed by atoms with Gasteiger partial charge in [0.05, 0.1) is 5.56 Å². The largest absolute Gasteiger partial charge is 0.504 e. The molecule has 0 unspecified atom stereocenters. The molecule has 0 amide bonds. The fourth-order valence-corrected chi connectivity index (χ4v) is 2.00. The first-order valence-electron chi connectivity index (χ1n) is 6.57. The van der Waals surface area contributed by atoms with Gasteiger partial charge in [0.15, 0.2) is 17.3 Å². The van der Waals surface area contributed by atoms with Crippen molar-refractivity contribution in [3.8, 4) is 11.5 Å². The summed E-state index contributed by atoms with van der Waals surface area (Å²) in [5, 5.41) is 18.6. The molecule has 0 aliphatic carbocycles. The first kappa shape index (κ1) is 15.0. The predicted molar refractivity (Wildman–Crippen MR) is 78.3 cm³/mol. The molecular weight excluding hydrogens is 271 g/mol. The van der Waals surface area contributed by atoms with Crippen LogP contribution in [0.2, 0.25) is 0 Å². The Morgan fingerprint density at radius 1 is 1.00 bits per heavy atom. The fourth-order valence-electron chi connectivity index (χ4n) is 2.00. The fraction of sp³-hybridized carbons (Fsp3) is 0.235. The maximum Gasteiger partial charge on any atom is 0.196 e. The lowest BCUT2D eigenvalue weighted by atomic mass is 9.86. The summed E-state index contributed by atoms with van der Waals surface area (Å²) in [6.45, 7) is 6.17. The molecule has 0 saturated heterocycles. The lowest BCUT2D eigenvalue weighted by Crippen LogP contribution is -2.11. The van der Waals surface area contributed by atoms with Gasteiger partial charge in [-0.15, -0.1) is 0 Å². The molecule has 0 aromatic heterocycles. The number of ketones is 1. The van der Waals surface area contributed by atoms with E-state index in [0.717, 1.165) is 17.7 Å². The number of rotatable bonds is 2.